The highest BCUT2D eigenvalue weighted by Crippen LogP contribution is 2.47. The van der Waals surface area contributed by atoms with E-state index in [1.165, 1.54) is 45.2 Å². The van der Waals surface area contributed by atoms with Crippen molar-refractivity contribution in [1.29, 1.82) is 0 Å². The molecule has 4 aliphatic heterocycles. The summed E-state index contributed by atoms with van der Waals surface area (Å²) in [7, 11) is 0. The molecule has 222 valence electrons. The molecule has 39 heavy (non-hydrogen) atoms. The van der Waals surface area contributed by atoms with Gasteiger partial charge in [-0.2, -0.15) is 0 Å². The molecule has 1 N–H and O–H groups in total. The van der Waals surface area contributed by atoms with E-state index in [-0.39, 0.29) is 29.3 Å². The largest absolute Gasteiger partial charge is 0.349 e. The molecule has 8 heteroatoms. The SMILES string of the molecule is CC(C)C[C@@H]1NCCN([C@@H](CC(C)C)C(=O)N2CCC3(C[C@@H]2C)OCC2(CCCCC2N2CCC2)CO3)C1=O. The van der Waals surface area contributed by atoms with Crippen LogP contribution in [0.25, 0.3) is 0 Å². The van der Waals surface area contributed by atoms with Crippen LogP contribution >= 0.6 is 0 Å². The van der Waals surface area contributed by atoms with Crippen LogP contribution in [0.4, 0.5) is 0 Å². The van der Waals surface area contributed by atoms with E-state index in [2.05, 4.69) is 44.8 Å². The molecule has 0 aromatic heterocycles. The Bertz CT molecular complexity index is 867. The van der Waals surface area contributed by atoms with Gasteiger partial charge in [0.25, 0.3) is 0 Å². The Hall–Kier alpha value is -1.22. The number of amides is 2. The number of piperidine rings is 1. The third-order valence-electron chi connectivity index (χ3n) is 10.2. The zero-order valence-corrected chi connectivity index (χ0v) is 25.3. The maximum absolute atomic E-state index is 14.1. The van der Waals surface area contributed by atoms with Gasteiger partial charge < -0.3 is 24.6 Å². The molecule has 0 radical (unpaired) electrons. The quantitative estimate of drug-likeness (QED) is 0.526. The Labute approximate surface area is 236 Å². The molecule has 4 heterocycles. The number of rotatable bonds is 7. The normalized spacial score (nSPS) is 37.1. The summed E-state index contributed by atoms with van der Waals surface area (Å²) in [6.45, 7) is 16.7. The number of carbonyl (C=O) groups excluding carboxylic acids is 2. The van der Waals surface area contributed by atoms with E-state index in [4.69, 9.17) is 9.47 Å². The average Bonchev–Trinajstić information content (AvgIpc) is 2.86. The molecule has 0 bridgehead atoms. The highest BCUT2D eigenvalue weighted by Gasteiger charge is 2.54. The highest BCUT2D eigenvalue weighted by atomic mass is 16.7. The van der Waals surface area contributed by atoms with Crippen LogP contribution in [0.3, 0.4) is 0 Å². The predicted molar refractivity (Wildman–Crippen MR) is 152 cm³/mol. The molecule has 0 aromatic rings. The summed E-state index contributed by atoms with van der Waals surface area (Å²) in [5, 5.41) is 3.39. The van der Waals surface area contributed by atoms with Crippen molar-refractivity contribution < 1.29 is 19.1 Å². The smallest absolute Gasteiger partial charge is 0.245 e. The van der Waals surface area contributed by atoms with Crippen LogP contribution in [0.15, 0.2) is 0 Å². The minimum atomic E-state index is -0.584. The lowest BCUT2D eigenvalue weighted by atomic mass is 9.69. The van der Waals surface area contributed by atoms with Crippen LogP contribution in [0.2, 0.25) is 0 Å². The van der Waals surface area contributed by atoms with Crippen LogP contribution < -0.4 is 5.32 Å². The fourth-order valence-corrected chi connectivity index (χ4v) is 7.96. The zero-order valence-electron chi connectivity index (χ0n) is 25.3. The van der Waals surface area contributed by atoms with E-state index in [1.807, 2.05) is 9.80 Å². The monoisotopic (exact) mass is 546 g/mol. The van der Waals surface area contributed by atoms with Gasteiger partial charge >= 0.3 is 0 Å². The lowest BCUT2D eigenvalue weighted by Gasteiger charge is -2.57. The number of hydrogen-bond acceptors (Lipinski definition) is 6. The fourth-order valence-electron chi connectivity index (χ4n) is 7.96. The van der Waals surface area contributed by atoms with Gasteiger partial charge in [0.05, 0.1) is 19.3 Å². The molecule has 8 nitrogen and oxygen atoms in total. The van der Waals surface area contributed by atoms with Crippen LogP contribution in [0.1, 0.15) is 92.4 Å². The van der Waals surface area contributed by atoms with Crippen LogP contribution in [-0.4, -0.2) is 102 Å². The summed E-state index contributed by atoms with van der Waals surface area (Å²) in [5.41, 5.74) is 0.123. The maximum atomic E-state index is 14.1. The summed E-state index contributed by atoms with van der Waals surface area (Å²) in [5.74, 6) is 0.353. The Morgan fingerprint density at radius 2 is 1.74 bits per heavy atom. The maximum Gasteiger partial charge on any atom is 0.245 e. The number of carbonyl (C=O) groups is 2. The third-order valence-corrected chi connectivity index (χ3v) is 10.2. The standard InChI is InChI=1S/C31H54N4O4/c1-22(2)17-25-28(36)35(16-12-32-25)26(18-23(3)4)29(37)34-15-11-31(19-24(34)5)38-20-30(21-39-31)10-7-6-9-27(30)33-13-8-14-33/h22-27,32H,6-21H2,1-5H3/t24-,25-,26-,27?,30?,31?/m0/s1. The third kappa shape index (κ3) is 6.05. The minimum absolute atomic E-state index is 0.0111. The summed E-state index contributed by atoms with van der Waals surface area (Å²) in [6.07, 6.45) is 9.24. The molecule has 5 rings (SSSR count). The summed E-state index contributed by atoms with van der Waals surface area (Å²) < 4.78 is 13.4. The summed E-state index contributed by atoms with van der Waals surface area (Å²) >= 11 is 0. The second-order valence-electron chi connectivity index (χ2n) is 14.1. The summed E-state index contributed by atoms with van der Waals surface area (Å²) in [6, 6.07) is 0.00235. The Morgan fingerprint density at radius 3 is 2.36 bits per heavy atom. The molecule has 2 spiro atoms. The number of ether oxygens (including phenoxy) is 2. The molecular weight excluding hydrogens is 492 g/mol. The van der Waals surface area contributed by atoms with E-state index in [1.54, 1.807) is 0 Å². The molecule has 5 aliphatic rings. The van der Waals surface area contributed by atoms with E-state index in [0.717, 1.165) is 26.2 Å². The Morgan fingerprint density at radius 1 is 1.00 bits per heavy atom. The molecule has 1 aliphatic carbocycles. The molecule has 4 atom stereocenters. The van der Waals surface area contributed by atoms with Gasteiger partial charge in [-0.05, 0) is 64.0 Å². The summed E-state index contributed by atoms with van der Waals surface area (Å²) in [4.78, 5) is 34.2. The van der Waals surface area contributed by atoms with Crippen molar-refractivity contribution in [1.82, 2.24) is 20.0 Å². The molecule has 1 unspecified atom stereocenters. The van der Waals surface area contributed by atoms with Crippen molar-refractivity contribution in [2.45, 2.75) is 122 Å². The number of likely N-dealkylation sites (tertiary alicyclic amines) is 2. The fraction of sp³-hybridized carbons (Fsp3) is 0.935. The van der Waals surface area contributed by atoms with Gasteiger partial charge in [-0.3, -0.25) is 14.5 Å². The highest BCUT2D eigenvalue weighted by molar-refractivity contribution is 5.90. The van der Waals surface area contributed by atoms with Crippen molar-refractivity contribution >= 4 is 11.8 Å². The number of nitrogens with one attached hydrogen (secondary N) is 1. The minimum Gasteiger partial charge on any atom is -0.349 e. The first-order valence-corrected chi connectivity index (χ1v) is 16.0. The number of nitrogens with zero attached hydrogens (tertiary/aromatic N) is 3. The molecule has 0 aromatic carbocycles. The van der Waals surface area contributed by atoms with Crippen molar-refractivity contribution in [3.8, 4) is 0 Å². The lowest BCUT2D eigenvalue weighted by Crippen LogP contribution is -2.66. The van der Waals surface area contributed by atoms with E-state index in [9.17, 15) is 9.59 Å². The second-order valence-corrected chi connectivity index (χ2v) is 14.1. The van der Waals surface area contributed by atoms with E-state index >= 15 is 0 Å². The molecular formula is C31H54N4O4. The molecule has 4 saturated heterocycles. The average molecular weight is 547 g/mol. The predicted octanol–water partition coefficient (Wildman–Crippen LogP) is 3.64. The molecule has 1 saturated carbocycles. The van der Waals surface area contributed by atoms with Gasteiger partial charge in [0, 0.05) is 50.0 Å². The van der Waals surface area contributed by atoms with Crippen LogP contribution in [0, 0.1) is 17.3 Å². The van der Waals surface area contributed by atoms with Crippen molar-refractivity contribution in [2.75, 3.05) is 45.9 Å². The molecule has 2 amide bonds. The first-order chi connectivity index (χ1) is 18.6. The topological polar surface area (TPSA) is 74.3 Å². The van der Waals surface area contributed by atoms with Crippen LogP contribution in [0.5, 0.6) is 0 Å². The first-order valence-electron chi connectivity index (χ1n) is 16.0. The lowest BCUT2D eigenvalue weighted by molar-refractivity contribution is -0.332. The Kier molecular flexibility index (Phi) is 8.97. The number of hydrogen-bond donors (Lipinski definition) is 1. The van der Waals surface area contributed by atoms with Crippen molar-refractivity contribution in [3.05, 3.63) is 0 Å². The van der Waals surface area contributed by atoms with Gasteiger partial charge in [0.1, 0.15) is 6.04 Å². The van der Waals surface area contributed by atoms with Gasteiger partial charge in [-0.25, -0.2) is 0 Å². The Balaban J connectivity index is 1.24. The van der Waals surface area contributed by atoms with E-state index < -0.39 is 11.8 Å². The van der Waals surface area contributed by atoms with Gasteiger partial charge in [-0.15, -0.1) is 0 Å². The van der Waals surface area contributed by atoms with Crippen molar-refractivity contribution in [3.63, 3.8) is 0 Å². The van der Waals surface area contributed by atoms with Crippen molar-refractivity contribution in [2.24, 2.45) is 17.3 Å². The van der Waals surface area contributed by atoms with Gasteiger partial charge in [0.2, 0.25) is 11.8 Å². The second kappa shape index (κ2) is 11.9. The van der Waals surface area contributed by atoms with Gasteiger partial charge in [0.15, 0.2) is 5.79 Å². The zero-order chi connectivity index (χ0) is 27.8. The first kappa shape index (κ1) is 29.3. The van der Waals surface area contributed by atoms with Gasteiger partial charge in [-0.1, -0.05) is 40.5 Å². The molecule has 5 fully saturated rings. The van der Waals surface area contributed by atoms with E-state index in [0.29, 0.717) is 50.2 Å². The number of piperazine rings is 1. The van der Waals surface area contributed by atoms with Crippen LogP contribution in [-0.2, 0) is 19.1 Å².